The van der Waals surface area contributed by atoms with E-state index in [1.807, 2.05) is 86.6 Å². The molecule has 1 N–H and O–H groups in total. The van der Waals surface area contributed by atoms with Gasteiger partial charge in [0.05, 0.1) is 18.2 Å². The smallest absolute Gasteiger partial charge is 0.240 e. The average Bonchev–Trinajstić information content (AvgIpc) is 2.65. The number of likely N-dealkylation sites (N-methyl/N-ethyl adjacent to an activating group) is 2. The van der Waals surface area contributed by atoms with Gasteiger partial charge >= 0.3 is 0 Å². The summed E-state index contributed by atoms with van der Waals surface area (Å²) in [4.78, 5) is 16.6. The maximum absolute atomic E-state index is 13.0. The van der Waals surface area contributed by atoms with Gasteiger partial charge in [0, 0.05) is 7.05 Å². The molecule has 0 radical (unpaired) electrons. The van der Waals surface area contributed by atoms with E-state index in [0.29, 0.717) is 6.42 Å². The van der Waals surface area contributed by atoms with E-state index < -0.39 is 6.10 Å². The highest BCUT2D eigenvalue weighted by atomic mass is 16.3. The highest BCUT2D eigenvalue weighted by molar-refractivity contribution is 5.82. The maximum atomic E-state index is 13.0. The molecule has 1 amide bonds. The van der Waals surface area contributed by atoms with Gasteiger partial charge in [0.25, 0.3) is 0 Å². The Morgan fingerprint density at radius 1 is 0.960 bits per heavy atom. The Bertz CT molecular complexity index is 658. The Labute approximate surface area is 150 Å². The predicted octanol–water partition coefficient (Wildman–Crippen LogP) is 2.74. The molecule has 0 spiro atoms. The zero-order chi connectivity index (χ0) is 18.4. The van der Waals surface area contributed by atoms with Crippen LogP contribution in [0, 0.1) is 0 Å². The minimum atomic E-state index is -0.713. The summed E-state index contributed by atoms with van der Waals surface area (Å²) >= 11 is 0. The highest BCUT2D eigenvalue weighted by Gasteiger charge is 2.30. The molecule has 4 heteroatoms. The molecule has 0 saturated carbocycles. The molecule has 0 aliphatic heterocycles. The molecule has 0 bridgehead atoms. The number of hydrogen-bond acceptors (Lipinski definition) is 3. The standard InChI is InChI=1S/C21H28N2O2/c1-16(20(24)18-13-9-6-10-14-18)23(4)21(25)19(22(2)3)15-17-11-7-5-8-12-17/h5-14,16,19-20,24H,15H2,1-4H3. The summed E-state index contributed by atoms with van der Waals surface area (Å²) in [6, 6.07) is 18.9. The van der Waals surface area contributed by atoms with Crippen LogP contribution >= 0.6 is 0 Å². The van der Waals surface area contributed by atoms with Crippen LogP contribution in [0.5, 0.6) is 0 Å². The lowest BCUT2D eigenvalue weighted by Gasteiger charge is -2.34. The topological polar surface area (TPSA) is 43.8 Å². The van der Waals surface area contributed by atoms with Crippen LogP contribution in [0.25, 0.3) is 0 Å². The normalized spacial score (nSPS) is 14.8. The Kier molecular flexibility index (Phi) is 6.73. The number of aliphatic hydroxyl groups excluding tert-OH is 1. The minimum absolute atomic E-state index is 0.0105. The first-order chi connectivity index (χ1) is 11.9. The zero-order valence-electron chi connectivity index (χ0n) is 15.5. The Balaban J connectivity index is 2.12. The molecule has 134 valence electrons. The van der Waals surface area contributed by atoms with Crippen molar-refractivity contribution < 1.29 is 9.90 Å². The monoisotopic (exact) mass is 340 g/mol. The first kappa shape index (κ1) is 19.2. The van der Waals surface area contributed by atoms with E-state index >= 15 is 0 Å². The van der Waals surface area contributed by atoms with Gasteiger partial charge in [0.1, 0.15) is 0 Å². The summed E-state index contributed by atoms with van der Waals surface area (Å²) in [5, 5.41) is 10.6. The van der Waals surface area contributed by atoms with Gasteiger partial charge in [-0.1, -0.05) is 60.7 Å². The van der Waals surface area contributed by atoms with E-state index in [1.54, 1.807) is 11.9 Å². The Morgan fingerprint density at radius 2 is 1.48 bits per heavy atom. The second-order valence-electron chi connectivity index (χ2n) is 6.71. The highest BCUT2D eigenvalue weighted by Crippen LogP contribution is 2.21. The first-order valence-corrected chi connectivity index (χ1v) is 8.62. The summed E-state index contributed by atoms with van der Waals surface area (Å²) in [6.07, 6.45) is -0.0692. The SMILES string of the molecule is CC(C(O)c1ccccc1)N(C)C(=O)C(Cc1ccccc1)N(C)C. The molecule has 3 unspecified atom stereocenters. The lowest BCUT2D eigenvalue weighted by atomic mass is 10.00. The molecular formula is C21H28N2O2. The van der Waals surface area contributed by atoms with Crippen LogP contribution in [0.1, 0.15) is 24.2 Å². The van der Waals surface area contributed by atoms with E-state index in [2.05, 4.69) is 0 Å². The Hall–Kier alpha value is -2.17. The van der Waals surface area contributed by atoms with Crippen molar-refractivity contribution in [3.05, 3.63) is 71.8 Å². The lowest BCUT2D eigenvalue weighted by molar-refractivity contribution is -0.138. The van der Waals surface area contributed by atoms with Crippen LogP contribution in [-0.4, -0.2) is 54.0 Å². The van der Waals surface area contributed by atoms with Crippen molar-refractivity contribution in [2.24, 2.45) is 0 Å². The fourth-order valence-corrected chi connectivity index (χ4v) is 2.90. The number of hydrogen-bond donors (Lipinski definition) is 1. The van der Waals surface area contributed by atoms with Gasteiger partial charge < -0.3 is 10.0 Å². The van der Waals surface area contributed by atoms with Crippen LogP contribution in [0.2, 0.25) is 0 Å². The second kappa shape index (κ2) is 8.79. The molecule has 2 rings (SSSR count). The fourth-order valence-electron chi connectivity index (χ4n) is 2.90. The summed E-state index contributed by atoms with van der Waals surface area (Å²) in [5.41, 5.74) is 1.94. The van der Waals surface area contributed by atoms with E-state index in [4.69, 9.17) is 0 Å². The Morgan fingerprint density at radius 3 is 2.00 bits per heavy atom. The molecule has 0 fully saturated rings. The van der Waals surface area contributed by atoms with Crippen molar-refractivity contribution in [3.8, 4) is 0 Å². The largest absolute Gasteiger partial charge is 0.386 e. The predicted molar refractivity (Wildman–Crippen MR) is 101 cm³/mol. The molecule has 25 heavy (non-hydrogen) atoms. The fraction of sp³-hybridized carbons (Fsp3) is 0.381. The molecule has 0 aromatic heterocycles. The number of carbonyl (C=O) groups is 1. The van der Waals surface area contributed by atoms with Crippen molar-refractivity contribution in [2.45, 2.75) is 31.5 Å². The van der Waals surface area contributed by atoms with Crippen molar-refractivity contribution in [3.63, 3.8) is 0 Å². The number of carbonyl (C=O) groups excluding carboxylic acids is 1. The molecule has 0 aliphatic carbocycles. The summed E-state index contributed by atoms with van der Waals surface area (Å²) in [7, 11) is 5.59. The van der Waals surface area contributed by atoms with Gasteiger partial charge in [0.2, 0.25) is 5.91 Å². The van der Waals surface area contributed by atoms with Crippen LogP contribution < -0.4 is 0 Å². The molecule has 2 aromatic carbocycles. The van der Waals surface area contributed by atoms with Gasteiger partial charge in [0.15, 0.2) is 0 Å². The van der Waals surface area contributed by atoms with Crippen molar-refractivity contribution in [2.75, 3.05) is 21.1 Å². The molecular weight excluding hydrogens is 312 g/mol. The van der Waals surface area contributed by atoms with Crippen molar-refractivity contribution in [1.82, 2.24) is 9.80 Å². The van der Waals surface area contributed by atoms with Gasteiger partial charge in [-0.2, -0.15) is 0 Å². The minimum Gasteiger partial charge on any atom is -0.386 e. The number of nitrogens with zero attached hydrogens (tertiary/aromatic N) is 2. The molecule has 0 saturated heterocycles. The molecule has 2 aromatic rings. The number of benzene rings is 2. The quantitative estimate of drug-likeness (QED) is 0.843. The van der Waals surface area contributed by atoms with Crippen molar-refractivity contribution >= 4 is 5.91 Å². The number of aliphatic hydroxyl groups is 1. The third-order valence-corrected chi connectivity index (χ3v) is 4.74. The average molecular weight is 340 g/mol. The van der Waals surface area contributed by atoms with E-state index in [9.17, 15) is 9.90 Å². The van der Waals surface area contributed by atoms with Gasteiger partial charge in [-0.15, -0.1) is 0 Å². The summed E-state index contributed by atoms with van der Waals surface area (Å²) in [6.45, 7) is 1.88. The van der Waals surface area contributed by atoms with Crippen LogP contribution in [-0.2, 0) is 11.2 Å². The summed E-state index contributed by atoms with van der Waals surface area (Å²) < 4.78 is 0. The van der Waals surface area contributed by atoms with Crippen LogP contribution in [0.4, 0.5) is 0 Å². The first-order valence-electron chi connectivity index (χ1n) is 8.62. The molecule has 3 atom stereocenters. The third-order valence-electron chi connectivity index (χ3n) is 4.74. The van der Waals surface area contributed by atoms with E-state index in [-0.39, 0.29) is 18.0 Å². The van der Waals surface area contributed by atoms with Crippen LogP contribution in [0.3, 0.4) is 0 Å². The molecule has 0 heterocycles. The van der Waals surface area contributed by atoms with E-state index in [0.717, 1.165) is 11.1 Å². The second-order valence-corrected chi connectivity index (χ2v) is 6.71. The van der Waals surface area contributed by atoms with Gasteiger partial charge in [-0.25, -0.2) is 0 Å². The van der Waals surface area contributed by atoms with Gasteiger partial charge in [-0.3, -0.25) is 9.69 Å². The van der Waals surface area contributed by atoms with Crippen molar-refractivity contribution in [1.29, 1.82) is 0 Å². The molecule has 0 aliphatic rings. The van der Waals surface area contributed by atoms with Crippen LogP contribution in [0.15, 0.2) is 60.7 Å². The number of rotatable bonds is 7. The zero-order valence-corrected chi connectivity index (χ0v) is 15.5. The summed E-state index contributed by atoms with van der Waals surface area (Å²) in [5.74, 6) is 0.0105. The molecule has 4 nitrogen and oxygen atoms in total. The number of amides is 1. The third kappa shape index (κ3) is 4.91. The van der Waals surface area contributed by atoms with Gasteiger partial charge in [-0.05, 0) is 38.6 Å². The van der Waals surface area contributed by atoms with E-state index in [1.165, 1.54) is 0 Å². The lowest BCUT2D eigenvalue weighted by Crippen LogP contribution is -2.49. The maximum Gasteiger partial charge on any atom is 0.240 e.